The summed E-state index contributed by atoms with van der Waals surface area (Å²) >= 11 is 0. The fourth-order valence-corrected chi connectivity index (χ4v) is 3.44. The molecule has 0 aliphatic carbocycles. The van der Waals surface area contributed by atoms with E-state index in [0.29, 0.717) is 42.9 Å². The van der Waals surface area contributed by atoms with Crippen LogP contribution in [0.15, 0.2) is 35.6 Å². The van der Waals surface area contributed by atoms with Gasteiger partial charge in [0, 0.05) is 37.8 Å². The van der Waals surface area contributed by atoms with Gasteiger partial charge in [-0.05, 0) is 19.1 Å². The van der Waals surface area contributed by atoms with E-state index in [9.17, 15) is 9.18 Å². The molecule has 1 spiro atoms. The number of hydrogen-bond acceptors (Lipinski definition) is 6. The van der Waals surface area contributed by atoms with Crippen LogP contribution in [-0.2, 0) is 0 Å². The van der Waals surface area contributed by atoms with Gasteiger partial charge in [0.1, 0.15) is 23.0 Å². The number of carbonyl (C=O) groups excluding carboxylic acids is 1. The van der Waals surface area contributed by atoms with Crippen molar-refractivity contribution in [2.24, 2.45) is 10.7 Å². The summed E-state index contributed by atoms with van der Waals surface area (Å²) < 4.78 is 14.0. The first kappa shape index (κ1) is 16.4. The third kappa shape index (κ3) is 2.77. The molecule has 1 aromatic carbocycles. The van der Waals surface area contributed by atoms with Gasteiger partial charge in [0.15, 0.2) is 0 Å². The van der Waals surface area contributed by atoms with Crippen LogP contribution in [0.4, 0.5) is 10.1 Å². The first-order valence-corrected chi connectivity index (χ1v) is 8.48. The van der Waals surface area contributed by atoms with Crippen LogP contribution in [0.2, 0.25) is 0 Å². The maximum absolute atomic E-state index is 14.0. The van der Waals surface area contributed by atoms with Crippen molar-refractivity contribution in [3.05, 3.63) is 53.4 Å². The van der Waals surface area contributed by atoms with Crippen molar-refractivity contribution in [1.29, 1.82) is 0 Å². The molecule has 4 rings (SSSR count). The van der Waals surface area contributed by atoms with Gasteiger partial charge >= 0.3 is 0 Å². The summed E-state index contributed by atoms with van der Waals surface area (Å²) in [5.41, 5.74) is 7.46. The molecular weight excluding hydrogens is 335 g/mol. The Kier molecular flexibility index (Phi) is 3.82. The third-order valence-corrected chi connectivity index (χ3v) is 4.85. The van der Waals surface area contributed by atoms with E-state index in [1.165, 1.54) is 12.3 Å². The van der Waals surface area contributed by atoms with Crippen LogP contribution in [0.5, 0.6) is 0 Å². The van der Waals surface area contributed by atoms with E-state index in [4.69, 9.17) is 5.73 Å². The Morgan fingerprint density at radius 3 is 2.73 bits per heavy atom. The second-order valence-electron chi connectivity index (χ2n) is 6.65. The highest BCUT2D eigenvalue weighted by Crippen LogP contribution is 2.35. The number of fused-ring (bicyclic) bond motifs is 1. The number of aliphatic imine (C=N–C) groups is 1. The van der Waals surface area contributed by atoms with Crippen LogP contribution < -0.4 is 11.1 Å². The predicted octanol–water partition coefficient (Wildman–Crippen LogP) is 1.69. The number of halogens is 1. The largest absolute Gasteiger partial charge is 0.383 e. The Balaban J connectivity index is 1.51. The minimum Gasteiger partial charge on any atom is -0.383 e. The summed E-state index contributed by atoms with van der Waals surface area (Å²) in [5, 5.41) is 3.32. The fourth-order valence-electron chi connectivity index (χ4n) is 3.44. The molecule has 2 aliphatic rings. The lowest BCUT2D eigenvalue weighted by atomic mass is 9.93. The van der Waals surface area contributed by atoms with E-state index in [2.05, 4.69) is 20.3 Å². The monoisotopic (exact) mass is 354 g/mol. The molecule has 0 bridgehead atoms. The minimum atomic E-state index is -0.611. The number of carbonyl (C=O) groups is 1. The molecule has 0 atom stereocenters. The number of benzene rings is 1. The van der Waals surface area contributed by atoms with Crippen LogP contribution in [0, 0.1) is 12.7 Å². The molecule has 2 aliphatic heterocycles. The average molecular weight is 354 g/mol. The van der Waals surface area contributed by atoms with Crippen LogP contribution in [0.3, 0.4) is 0 Å². The molecule has 3 N–H and O–H groups in total. The smallest absolute Gasteiger partial charge is 0.274 e. The second-order valence-corrected chi connectivity index (χ2v) is 6.65. The number of piperidine rings is 1. The summed E-state index contributed by atoms with van der Waals surface area (Å²) in [6.07, 6.45) is 4.23. The Bertz CT molecular complexity index is 887. The van der Waals surface area contributed by atoms with Crippen molar-refractivity contribution in [3.8, 4) is 0 Å². The number of aromatic nitrogens is 2. The predicted molar refractivity (Wildman–Crippen MR) is 95.4 cm³/mol. The number of nitrogens with zero attached hydrogens (tertiary/aromatic N) is 4. The van der Waals surface area contributed by atoms with Crippen LogP contribution in [0.1, 0.15) is 34.6 Å². The Morgan fingerprint density at radius 1 is 1.27 bits per heavy atom. The number of likely N-dealkylation sites (tertiary alicyclic amines) is 1. The van der Waals surface area contributed by atoms with Crippen LogP contribution in [-0.4, -0.2) is 45.4 Å². The van der Waals surface area contributed by atoms with Crippen molar-refractivity contribution in [2.75, 3.05) is 18.4 Å². The Morgan fingerprint density at radius 2 is 2.04 bits per heavy atom. The summed E-state index contributed by atoms with van der Waals surface area (Å²) in [4.78, 5) is 27.1. The van der Waals surface area contributed by atoms with Gasteiger partial charge in [-0.25, -0.2) is 14.4 Å². The highest BCUT2D eigenvalue weighted by Gasteiger charge is 2.39. The zero-order valence-electron chi connectivity index (χ0n) is 14.4. The standard InChI is InChI=1S/C18H19FN6O/c1-11-9-22-14(10-21-11)17(26)25-7-5-18(6-8-25)23-13-4-2-3-12(19)15(13)16(20)24-18/h2-4,9-10,23H,5-8H2,1H3,(H2,20,24). The highest BCUT2D eigenvalue weighted by atomic mass is 19.1. The van der Waals surface area contributed by atoms with E-state index < -0.39 is 11.5 Å². The first-order chi connectivity index (χ1) is 12.5. The van der Waals surface area contributed by atoms with E-state index in [0.717, 1.165) is 5.69 Å². The number of nitrogens with one attached hydrogen (secondary N) is 1. The van der Waals surface area contributed by atoms with Crippen LogP contribution in [0.25, 0.3) is 0 Å². The number of nitrogens with two attached hydrogens (primary N) is 1. The molecule has 7 nitrogen and oxygen atoms in total. The zero-order valence-corrected chi connectivity index (χ0v) is 14.4. The second kappa shape index (κ2) is 6.05. The van der Waals surface area contributed by atoms with Gasteiger partial charge in [0.25, 0.3) is 5.91 Å². The van der Waals surface area contributed by atoms with Crippen LogP contribution >= 0.6 is 0 Å². The number of aryl methyl sites for hydroxylation is 1. The quantitative estimate of drug-likeness (QED) is 0.812. The van der Waals surface area contributed by atoms with Gasteiger partial charge in [-0.15, -0.1) is 0 Å². The summed E-state index contributed by atoms with van der Waals surface area (Å²) in [6, 6.07) is 4.80. The van der Waals surface area contributed by atoms with E-state index >= 15 is 0 Å². The molecule has 26 heavy (non-hydrogen) atoms. The molecule has 0 saturated carbocycles. The molecule has 0 unspecified atom stereocenters. The van der Waals surface area contributed by atoms with Crippen molar-refractivity contribution < 1.29 is 9.18 Å². The summed E-state index contributed by atoms with van der Waals surface area (Å²) in [6.45, 7) is 2.83. The van der Waals surface area contributed by atoms with E-state index in [1.807, 2.05) is 6.92 Å². The Hall–Kier alpha value is -3.03. The zero-order chi connectivity index (χ0) is 18.3. The van der Waals surface area contributed by atoms with Gasteiger partial charge in [0.2, 0.25) is 0 Å². The van der Waals surface area contributed by atoms with E-state index in [1.54, 1.807) is 23.2 Å². The van der Waals surface area contributed by atoms with Gasteiger partial charge in [-0.3, -0.25) is 9.78 Å². The topological polar surface area (TPSA) is 96.5 Å². The van der Waals surface area contributed by atoms with Crippen molar-refractivity contribution in [3.63, 3.8) is 0 Å². The first-order valence-electron chi connectivity index (χ1n) is 8.48. The molecule has 8 heteroatoms. The number of anilines is 1. The fraction of sp³-hybridized carbons (Fsp3) is 0.333. The molecule has 1 aromatic heterocycles. The minimum absolute atomic E-state index is 0.147. The lowest BCUT2D eigenvalue weighted by molar-refractivity contribution is 0.0679. The average Bonchev–Trinajstić information content (AvgIpc) is 2.62. The molecule has 1 fully saturated rings. The maximum Gasteiger partial charge on any atom is 0.274 e. The third-order valence-electron chi connectivity index (χ3n) is 4.85. The van der Waals surface area contributed by atoms with E-state index in [-0.39, 0.29) is 11.7 Å². The van der Waals surface area contributed by atoms with Crippen molar-refractivity contribution in [1.82, 2.24) is 14.9 Å². The normalized spacial score (nSPS) is 18.1. The number of rotatable bonds is 1. The molecule has 0 radical (unpaired) electrons. The number of hydrogen-bond donors (Lipinski definition) is 2. The van der Waals surface area contributed by atoms with Gasteiger partial charge in [0.05, 0.1) is 17.5 Å². The lowest BCUT2D eigenvalue weighted by Gasteiger charge is -2.42. The highest BCUT2D eigenvalue weighted by molar-refractivity contribution is 6.04. The van der Waals surface area contributed by atoms with Gasteiger partial charge < -0.3 is 16.0 Å². The number of amides is 1. The van der Waals surface area contributed by atoms with Crippen molar-refractivity contribution in [2.45, 2.75) is 25.4 Å². The summed E-state index contributed by atoms with van der Waals surface area (Å²) in [5.74, 6) is -0.343. The molecule has 1 saturated heterocycles. The Labute approximate surface area is 150 Å². The molecule has 1 amide bonds. The molecular formula is C18H19FN6O. The molecule has 2 aromatic rings. The molecule has 134 valence electrons. The van der Waals surface area contributed by atoms with Crippen molar-refractivity contribution >= 4 is 17.4 Å². The SMILES string of the molecule is Cc1cnc(C(=O)N2CCC3(CC2)N=C(N)c2c(F)cccc2N3)cn1. The molecule has 3 heterocycles. The summed E-state index contributed by atoms with van der Waals surface area (Å²) in [7, 11) is 0. The van der Waals surface area contributed by atoms with Gasteiger partial charge in [-0.1, -0.05) is 6.07 Å². The maximum atomic E-state index is 14.0. The lowest BCUT2D eigenvalue weighted by Crippen LogP contribution is -2.52. The number of amidine groups is 1. The van der Waals surface area contributed by atoms with Gasteiger partial charge in [-0.2, -0.15) is 0 Å².